The van der Waals surface area contributed by atoms with Crippen LogP contribution in [0.1, 0.15) is 17.0 Å². The van der Waals surface area contributed by atoms with Gasteiger partial charge in [0.1, 0.15) is 0 Å². The molecule has 1 heterocycles. The topological polar surface area (TPSA) is 62.2 Å². The Labute approximate surface area is 157 Å². The van der Waals surface area contributed by atoms with Gasteiger partial charge in [-0.15, -0.1) is 0 Å². The summed E-state index contributed by atoms with van der Waals surface area (Å²) in [6.45, 7) is 0. The van der Waals surface area contributed by atoms with Crippen molar-refractivity contribution in [2.24, 2.45) is 0 Å². The molecule has 4 nitrogen and oxygen atoms in total. The van der Waals surface area contributed by atoms with Gasteiger partial charge in [-0.3, -0.25) is 15.0 Å². The number of hydrogen-bond donors (Lipinski definition) is 2. The average Bonchev–Trinajstić information content (AvgIpc) is 2.74. The number of hydrogen-bond acceptors (Lipinski definition) is 3. The first-order chi connectivity index (χ1) is 13.3. The van der Waals surface area contributed by atoms with Crippen molar-refractivity contribution in [2.45, 2.75) is 5.92 Å². The summed E-state index contributed by atoms with van der Waals surface area (Å²) in [6.07, 6.45) is 3.62. The van der Waals surface area contributed by atoms with Gasteiger partial charge in [-0.1, -0.05) is 66.7 Å². The number of carbonyl (C=O) groups is 1. The summed E-state index contributed by atoms with van der Waals surface area (Å²) in [6, 6.07) is 25.4. The summed E-state index contributed by atoms with van der Waals surface area (Å²) >= 11 is 0. The van der Waals surface area contributed by atoms with Gasteiger partial charge in [0.05, 0.1) is 5.92 Å². The standard InChI is InChI=1S/C23H18N2O2/c26-23(25-27)22(16-6-2-1-3-7-16)18-9-4-8-17(14-18)20-11-5-10-19-15-24-13-12-21(19)20/h1-15,22,27H,(H,25,26). The van der Waals surface area contributed by atoms with E-state index >= 15 is 0 Å². The molecule has 4 heteroatoms. The quantitative estimate of drug-likeness (QED) is 0.418. The molecule has 1 unspecified atom stereocenters. The van der Waals surface area contributed by atoms with Crippen LogP contribution in [-0.2, 0) is 4.79 Å². The van der Waals surface area contributed by atoms with Crippen molar-refractivity contribution < 1.29 is 10.0 Å². The van der Waals surface area contributed by atoms with E-state index in [2.05, 4.69) is 11.1 Å². The fraction of sp³-hybridized carbons (Fsp3) is 0.0435. The van der Waals surface area contributed by atoms with Crippen molar-refractivity contribution in [2.75, 3.05) is 0 Å². The summed E-state index contributed by atoms with van der Waals surface area (Å²) in [5.74, 6) is -1.05. The van der Waals surface area contributed by atoms with Crippen LogP contribution in [0.2, 0.25) is 0 Å². The summed E-state index contributed by atoms with van der Waals surface area (Å²) < 4.78 is 0. The van der Waals surface area contributed by atoms with Gasteiger partial charge in [0.15, 0.2) is 0 Å². The second-order valence-electron chi connectivity index (χ2n) is 6.35. The second kappa shape index (κ2) is 7.40. The van der Waals surface area contributed by atoms with Crippen LogP contribution in [0.4, 0.5) is 0 Å². The molecule has 0 saturated heterocycles. The molecule has 0 aliphatic heterocycles. The minimum atomic E-state index is -0.590. The number of carbonyl (C=O) groups excluding carboxylic acids is 1. The molecule has 0 aliphatic rings. The van der Waals surface area contributed by atoms with Crippen molar-refractivity contribution >= 4 is 16.7 Å². The second-order valence-corrected chi connectivity index (χ2v) is 6.35. The van der Waals surface area contributed by atoms with E-state index in [4.69, 9.17) is 0 Å². The lowest BCUT2D eigenvalue weighted by Crippen LogP contribution is -2.27. The molecule has 0 aliphatic carbocycles. The highest BCUT2D eigenvalue weighted by Crippen LogP contribution is 2.32. The third kappa shape index (κ3) is 3.30. The minimum Gasteiger partial charge on any atom is -0.289 e. The van der Waals surface area contributed by atoms with Gasteiger partial charge in [0, 0.05) is 17.8 Å². The molecule has 132 valence electrons. The van der Waals surface area contributed by atoms with Crippen LogP contribution in [0.15, 0.2) is 91.3 Å². The van der Waals surface area contributed by atoms with Crippen LogP contribution in [0, 0.1) is 0 Å². The van der Waals surface area contributed by atoms with Crippen LogP contribution in [0.3, 0.4) is 0 Å². The molecule has 1 atom stereocenters. The number of aromatic nitrogens is 1. The molecule has 0 radical (unpaired) electrons. The Bertz CT molecular complexity index is 1090. The molecular formula is C23H18N2O2. The van der Waals surface area contributed by atoms with Gasteiger partial charge < -0.3 is 0 Å². The molecule has 0 spiro atoms. The van der Waals surface area contributed by atoms with E-state index in [0.717, 1.165) is 33.0 Å². The molecule has 2 N–H and O–H groups in total. The van der Waals surface area contributed by atoms with Gasteiger partial charge >= 0.3 is 0 Å². The van der Waals surface area contributed by atoms with Crippen LogP contribution < -0.4 is 5.48 Å². The summed E-state index contributed by atoms with van der Waals surface area (Å²) in [7, 11) is 0. The van der Waals surface area contributed by atoms with E-state index < -0.39 is 11.8 Å². The van der Waals surface area contributed by atoms with E-state index in [1.807, 2.05) is 79.0 Å². The van der Waals surface area contributed by atoms with E-state index in [1.165, 1.54) is 0 Å². The Morgan fingerprint density at radius 3 is 2.48 bits per heavy atom. The third-order valence-corrected chi connectivity index (χ3v) is 4.72. The van der Waals surface area contributed by atoms with E-state index in [0.29, 0.717) is 0 Å². The van der Waals surface area contributed by atoms with E-state index in [9.17, 15) is 10.0 Å². The van der Waals surface area contributed by atoms with E-state index in [-0.39, 0.29) is 0 Å². The first kappa shape index (κ1) is 16.9. The number of fused-ring (bicyclic) bond motifs is 1. The number of nitrogens with one attached hydrogen (secondary N) is 1. The van der Waals surface area contributed by atoms with Crippen molar-refractivity contribution in [1.82, 2.24) is 10.5 Å². The summed E-state index contributed by atoms with van der Waals surface area (Å²) in [5, 5.41) is 11.4. The highest BCUT2D eigenvalue weighted by Gasteiger charge is 2.22. The molecule has 1 amide bonds. The zero-order valence-electron chi connectivity index (χ0n) is 14.5. The average molecular weight is 354 g/mol. The van der Waals surface area contributed by atoms with E-state index in [1.54, 1.807) is 11.7 Å². The number of nitrogens with zero attached hydrogens (tertiary/aromatic N) is 1. The van der Waals surface area contributed by atoms with Crippen molar-refractivity contribution in [1.29, 1.82) is 0 Å². The largest absolute Gasteiger partial charge is 0.289 e. The maximum absolute atomic E-state index is 12.4. The normalized spacial score (nSPS) is 11.9. The number of amides is 1. The molecule has 27 heavy (non-hydrogen) atoms. The van der Waals surface area contributed by atoms with Gasteiger partial charge in [-0.2, -0.15) is 0 Å². The minimum absolute atomic E-state index is 0.458. The Morgan fingerprint density at radius 1 is 0.889 bits per heavy atom. The predicted molar refractivity (Wildman–Crippen MR) is 105 cm³/mol. The predicted octanol–water partition coefficient (Wildman–Crippen LogP) is 4.54. The number of hydroxylamine groups is 1. The van der Waals surface area contributed by atoms with Gasteiger partial charge in [0.25, 0.3) is 5.91 Å². The lowest BCUT2D eigenvalue weighted by atomic mass is 9.88. The zero-order chi connectivity index (χ0) is 18.6. The summed E-state index contributed by atoms with van der Waals surface area (Å²) in [5.41, 5.74) is 5.53. The maximum Gasteiger partial charge on any atom is 0.255 e. The maximum atomic E-state index is 12.4. The van der Waals surface area contributed by atoms with Crippen LogP contribution in [-0.4, -0.2) is 16.1 Å². The first-order valence-corrected chi connectivity index (χ1v) is 8.70. The number of benzene rings is 3. The molecular weight excluding hydrogens is 336 g/mol. The highest BCUT2D eigenvalue weighted by molar-refractivity contribution is 5.96. The molecule has 0 bridgehead atoms. The van der Waals surface area contributed by atoms with Crippen LogP contribution in [0.5, 0.6) is 0 Å². The Morgan fingerprint density at radius 2 is 1.67 bits per heavy atom. The summed E-state index contributed by atoms with van der Waals surface area (Å²) in [4.78, 5) is 16.6. The monoisotopic (exact) mass is 354 g/mol. The van der Waals surface area contributed by atoms with Gasteiger partial charge in [-0.25, -0.2) is 5.48 Å². The molecule has 3 aromatic carbocycles. The smallest absolute Gasteiger partial charge is 0.255 e. The van der Waals surface area contributed by atoms with Gasteiger partial charge in [-0.05, 0) is 39.8 Å². The molecule has 0 saturated carbocycles. The van der Waals surface area contributed by atoms with Crippen molar-refractivity contribution in [3.8, 4) is 11.1 Å². The highest BCUT2D eigenvalue weighted by atomic mass is 16.5. The number of rotatable bonds is 4. The molecule has 4 aromatic rings. The Balaban J connectivity index is 1.85. The third-order valence-electron chi connectivity index (χ3n) is 4.72. The Hall–Kier alpha value is -3.50. The van der Waals surface area contributed by atoms with Crippen molar-refractivity contribution in [3.05, 3.63) is 102 Å². The Kier molecular flexibility index (Phi) is 4.64. The van der Waals surface area contributed by atoms with Crippen molar-refractivity contribution in [3.63, 3.8) is 0 Å². The zero-order valence-corrected chi connectivity index (χ0v) is 14.5. The fourth-order valence-electron chi connectivity index (χ4n) is 3.47. The fourth-order valence-corrected chi connectivity index (χ4v) is 3.47. The number of pyridine rings is 1. The molecule has 0 fully saturated rings. The first-order valence-electron chi connectivity index (χ1n) is 8.70. The SMILES string of the molecule is O=C(NO)C(c1ccccc1)c1cccc(-c2cccc3cnccc23)c1. The van der Waals surface area contributed by atoms with Gasteiger partial charge in [0.2, 0.25) is 0 Å². The molecule has 4 rings (SSSR count). The van der Waals surface area contributed by atoms with Crippen LogP contribution in [0.25, 0.3) is 21.9 Å². The molecule has 1 aromatic heterocycles. The van der Waals surface area contributed by atoms with Crippen LogP contribution >= 0.6 is 0 Å². The lowest BCUT2D eigenvalue weighted by molar-refractivity contribution is -0.129. The lowest BCUT2D eigenvalue weighted by Gasteiger charge is -2.17.